The first-order chi connectivity index (χ1) is 9.42. The third-order valence-corrected chi connectivity index (χ3v) is 5.63. The van der Waals surface area contributed by atoms with Crippen LogP contribution in [0.25, 0.3) is 0 Å². The number of nitrogens with one attached hydrogen (secondary N) is 2. The van der Waals surface area contributed by atoms with Gasteiger partial charge in [0.05, 0.1) is 4.90 Å². The number of nitrogens with two attached hydrogens (primary N) is 1. The summed E-state index contributed by atoms with van der Waals surface area (Å²) in [4.78, 5) is 4.10. The van der Waals surface area contributed by atoms with E-state index in [-0.39, 0.29) is 10.9 Å². The summed E-state index contributed by atoms with van der Waals surface area (Å²) in [7, 11) is -3.52. The Labute approximate surface area is 120 Å². The molecular formula is C13H22N4O2S. The lowest BCUT2D eigenvalue weighted by atomic mass is 9.79. The van der Waals surface area contributed by atoms with Gasteiger partial charge in [-0.3, -0.25) is 0 Å². The molecule has 2 rings (SSSR count). The number of hydrazine groups is 1. The molecule has 1 fully saturated rings. The Kier molecular flexibility index (Phi) is 4.62. The maximum atomic E-state index is 12.3. The van der Waals surface area contributed by atoms with Crippen LogP contribution in [-0.4, -0.2) is 19.4 Å². The first-order valence-electron chi connectivity index (χ1n) is 6.87. The van der Waals surface area contributed by atoms with Crippen LogP contribution in [0.3, 0.4) is 0 Å². The summed E-state index contributed by atoms with van der Waals surface area (Å²) in [5.74, 6) is 6.78. The van der Waals surface area contributed by atoms with E-state index in [4.69, 9.17) is 5.84 Å². The molecule has 112 valence electrons. The van der Waals surface area contributed by atoms with E-state index in [1.165, 1.54) is 18.3 Å². The van der Waals surface area contributed by atoms with Crippen LogP contribution in [0.1, 0.15) is 33.1 Å². The van der Waals surface area contributed by atoms with Crippen LogP contribution in [0.15, 0.2) is 23.2 Å². The largest absolute Gasteiger partial charge is 0.308 e. The summed E-state index contributed by atoms with van der Waals surface area (Å²) < 4.78 is 27.5. The van der Waals surface area contributed by atoms with E-state index in [1.807, 2.05) is 0 Å². The molecule has 3 unspecified atom stereocenters. The minimum absolute atomic E-state index is 0.00801. The molecule has 6 nitrogen and oxygen atoms in total. The zero-order chi connectivity index (χ0) is 14.8. The Balaban J connectivity index is 2.11. The van der Waals surface area contributed by atoms with Crippen molar-refractivity contribution in [2.75, 3.05) is 5.43 Å². The van der Waals surface area contributed by atoms with Crippen molar-refractivity contribution >= 4 is 15.8 Å². The second-order valence-corrected chi connectivity index (χ2v) is 7.32. The highest BCUT2D eigenvalue weighted by molar-refractivity contribution is 7.89. The molecule has 20 heavy (non-hydrogen) atoms. The molecule has 0 spiro atoms. The molecule has 0 aromatic carbocycles. The number of hydrogen-bond acceptors (Lipinski definition) is 5. The predicted octanol–water partition coefficient (Wildman–Crippen LogP) is 1.47. The summed E-state index contributed by atoms with van der Waals surface area (Å²) in [6, 6.07) is 2.91. The normalized spacial score (nSPS) is 27.2. The SMILES string of the molecule is CC1CCC(NS(=O)(=O)c2ccnc(NN)c2)CC1C. The number of hydrogen-bond donors (Lipinski definition) is 3. The first kappa shape index (κ1) is 15.2. The van der Waals surface area contributed by atoms with Crippen molar-refractivity contribution in [1.82, 2.24) is 9.71 Å². The van der Waals surface area contributed by atoms with E-state index in [9.17, 15) is 8.42 Å². The van der Waals surface area contributed by atoms with Crippen LogP contribution in [0.4, 0.5) is 5.82 Å². The highest BCUT2D eigenvalue weighted by Crippen LogP contribution is 2.30. The summed E-state index contributed by atoms with van der Waals surface area (Å²) in [6.07, 6.45) is 4.25. The molecule has 0 amide bonds. The molecular weight excluding hydrogens is 276 g/mol. The van der Waals surface area contributed by atoms with Gasteiger partial charge in [-0.15, -0.1) is 0 Å². The molecule has 1 heterocycles. The molecule has 3 atom stereocenters. The van der Waals surface area contributed by atoms with E-state index in [0.29, 0.717) is 17.7 Å². The Morgan fingerprint density at radius 1 is 1.30 bits per heavy atom. The van der Waals surface area contributed by atoms with Gasteiger partial charge in [0.15, 0.2) is 0 Å². The van der Waals surface area contributed by atoms with E-state index in [0.717, 1.165) is 19.3 Å². The van der Waals surface area contributed by atoms with E-state index >= 15 is 0 Å². The fourth-order valence-corrected chi connectivity index (χ4v) is 3.90. The van der Waals surface area contributed by atoms with Crippen molar-refractivity contribution in [3.63, 3.8) is 0 Å². The Bertz CT molecular complexity index is 561. The Hall–Kier alpha value is -1.18. The van der Waals surface area contributed by atoms with Crippen molar-refractivity contribution in [2.24, 2.45) is 17.7 Å². The molecule has 1 aromatic heterocycles. The Morgan fingerprint density at radius 3 is 2.70 bits per heavy atom. The molecule has 0 aliphatic heterocycles. The maximum absolute atomic E-state index is 12.3. The molecule has 0 bridgehead atoms. The minimum Gasteiger partial charge on any atom is -0.308 e. The highest BCUT2D eigenvalue weighted by Gasteiger charge is 2.28. The van der Waals surface area contributed by atoms with Gasteiger partial charge in [-0.05, 0) is 37.2 Å². The predicted molar refractivity (Wildman–Crippen MR) is 78.3 cm³/mol. The van der Waals surface area contributed by atoms with Crippen molar-refractivity contribution in [1.29, 1.82) is 0 Å². The van der Waals surface area contributed by atoms with Gasteiger partial charge in [-0.25, -0.2) is 24.0 Å². The average Bonchev–Trinajstić information content (AvgIpc) is 2.43. The summed E-state index contributed by atoms with van der Waals surface area (Å²) in [6.45, 7) is 4.39. The standard InChI is InChI=1S/C13H22N4O2S/c1-9-3-4-11(7-10(9)2)17-20(18,19)12-5-6-15-13(8-12)16-14/h5-6,8-11,17H,3-4,7,14H2,1-2H3,(H,15,16). The van der Waals surface area contributed by atoms with Crippen molar-refractivity contribution in [3.8, 4) is 0 Å². The molecule has 1 aliphatic carbocycles. The summed E-state index contributed by atoms with van der Waals surface area (Å²) in [5, 5.41) is 0. The average molecular weight is 298 g/mol. The first-order valence-corrected chi connectivity index (χ1v) is 8.35. The third kappa shape index (κ3) is 3.47. The third-order valence-electron chi connectivity index (χ3n) is 4.11. The van der Waals surface area contributed by atoms with Gasteiger partial charge < -0.3 is 5.43 Å². The molecule has 0 saturated heterocycles. The van der Waals surface area contributed by atoms with Gasteiger partial charge in [0.2, 0.25) is 10.0 Å². The number of anilines is 1. The molecule has 4 N–H and O–H groups in total. The molecule has 1 saturated carbocycles. The van der Waals surface area contributed by atoms with Gasteiger partial charge in [0, 0.05) is 18.3 Å². The Morgan fingerprint density at radius 2 is 2.05 bits per heavy atom. The van der Waals surface area contributed by atoms with Gasteiger partial charge in [-0.1, -0.05) is 13.8 Å². The van der Waals surface area contributed by atoms with Gasteiger partial charge in [-0.2, -0.15) is 0 Å². The molecule has 7 heteroatoms. The van der Waals surface area contributed by atoms with Crippen LogP contribution in [0.5, 0.6) is 0 Å². The fraction of sp³-hybridized carbons (Fsp3) is 0.615. The van der Waals surface area contributed by atoms with Crippen LogP contribution in [-0.2, 0) is 10.0 Å². The van der Waals surface area contributed by atoms with Crippen LogP contribution >= 0.6 is 0 Å². The minimum atomic E-state index is -3.52. The van der Waals surface area contributed by atoms with Crippen LogP contribution < -0.4 is 16.0 Å². The lowest BCUT2D eigenvalue weighted by Gasteiger charge is -2.32. The van der Waals surface area contributed by atoms with Crippen LogP contribution in [0.2, 0.25) is 0 Å². The van der Waals surface area contributed by atoms with Gasteiger partial charge in [0.25, 0.3) is 0 Å². The summed E-state index contributed by atoms with van der Waals surface area (Å²) in [5.41, 5.74) is 2.35. The summed E-state index contributed by atoms with van der Waals surface area (Å²) >= 11 is 0. The molecule has 1 aromatic rings. The topological polar surface area (TPSA) is 97.1 Å². The van der Waals surface area contributed by atoms with E-state index in [2.05, 4.69) is 29.0 Å². The smallest absolute Gasteiger partial charge is 0.241 e. The lowest BCUT2D eigenvalue weighted by molar-refractivity contribution is 0.242. The number of rotatable bonds is 4. The lowest BCUT2D eigenvalue weighted by Crippen LogP contribution is -2.39. The number of sulfonamides is 1. The number of aromatic nitrogens is 1. The highest BCUT2D eigenvalue weighted by atomic mass is 32.2. The van der Waals surface area contributed by atoms with E-state index < -0.39 is 10.0 Å². The van der Waals surface area contributed by atoms with Gasteiger partial charge in [0.1, 0.15) is 5.82 Å². The molecule has 0 radical (unpaired) electrons. The quantitative estimate of drug-likeness (QED) is 0.578. The number of pyridine rings is 1. The second kappa shape index (κ2) is 6.07. The van der Waals surface area contributed by atoms with Gasteiger partial charge >= 0.3 is 0 Å². The van der Waals surface area contributed by atoms with E-state index in [1.54, 1.807) is 0 Å². The van der Waals surface area contributed by atoms with Crippen molar-refractivity contribution < 1.29 is 8.42 Å². The zero-order valence-electron chi connectivity index (χ0n) is 11.8. The van der Waals surface area contributed by atoms with Crippen molar-refractivity contribution in [3.05, 3.63) is 18.3 Å². The zero-order valence-corrected chi connectivity index (χ0v) is 12.7. The molecule has 1 aliphatic rings. The second-order valence-electron chi connectivity index (χ2n) is 5.61. The monoisotopic (exact) mass is 298 g/mol. The van der Waals surface area contributed by atoms with Crippen LogP contribution in [0, 0.1) is 11.8 Å². The number of nitrogens with zero attached hydrogens (tertiary/aromatic N) is 1. The number of nitrogen functional groups attached to an aromatic ring is 1. The fourth-order valence-electron chi connectivity index (χ4n) is 2.60. The maximum Gasteiger partial charge on any atom is 0.241 e. The van der Waals surface area contributed by atoms with Crippen molar-refractivity contribution in [2.45, 2.75) is 44.0 Å².